The number of halogens is 1. The molecule has 1 aromatic heterocycles. The van der Waals surface area contributed by atoms with Crippen LogP contribution >= 0.6 is 11.6 Å². The summed E-state index contributed by atoms with van der Waals surface area (Å²) in [4.78, 5) is 16.9. The third-order valence-electron chi connectivity index (χ3n) is 4.08. The Morgan fingerprint density at radius 3 is 2.46 bits per heavy atom. The van der Waals surface area contributed by atoms with Crippen LogP contribution in [-0.4, -0.2) is 22.7 Å². The fraction of sp³-hybridized carbons (Fsp3) is 0.286. The van der Waals surface area contributed by atoms with Gasteiger partial charge in [-0.3, -0.25) is 4.79 Å². The molecule has 0 aliphatic carbocycles. The highest BCUT2D eigenvalue weighted by atomic mass is 35.5. The molecule has 146 valence electrons. The zero-order valence-corrected chi connectivity index (χ0v) is 16.7. The fourth-order valence-electron chi connectivity index (χ4n) is 2.59. The monoisotopic (exact) mass is 399 g/mol. The van der Waals surface area contributed by atoms with Crippen LogP contribution < -0.4 is 10.1 Å². The van der Waals surface area contributed by atoms with Crippen LogP contribution in [0.15, 0.2) is 59.1 Å². The van der Waals surface area contributed by atoms with Crippen molar-refractivity contribution in [2.45, 2.75) is 26.8 Å². The zero-order chi connectivity index (χ0) is 20.1. The second kappa shape index (κ2) is 8.44. The summed E-state index contributed by atoms with van der Waals surface area (Å²) in [6.45, 7) is 5.84. The van der Waals surface area contributed by atoms with Crippen molar-refractivity contribution in [2.75, 3.05) is 6.61 Å². The molecule has 1 N–H and O–H groups in total. The lowest BCUT2D eigenvalue weighted by atomic mass is 9.86. The molecule has 0 radical (unpaired) electrons. The third-order valence-corrected chi connectivity index (χ3v) is 4.33. The number of hydrogen-bond acceptors (Lipinski definition) is 5. The smallest absolute Gasteiger partial charge is 0.258 e. The van der Waals surface area contributed by atoms with E-state index in [0.29, 0.717) is 22.5 Å². The number of carbonyl (C=O) groups is 1. The van der Waals surface area contributed by atoms with Crippen LogP contribution in [0.25, 0.3) is 11.4 Å². The van der Waals surface area contributed by atoms with Crippen LogP contribution in [-0.2, 0) is 4.79 Å². The molecule has 0 spiro atoms. The average molecular weight is 400 g/mol. The molecule has 1 atom stereocenters. The summed E-state index contributed by atoms with van der Waals surface area (Å²) in [6.07, 6.45) is 0. The lowest BCUT2D eigenvalue weighted by Gasteiger charge is -2.28. The van der Waals surface area contributed by atoms with Crippen molar-refractivity contribution in [3.05, 3.63) is 65.5 Å². The first-order chi connectivity index (χ1) is 13.3. The summed E-state index contributed by atoms with van der Waals surface area (Å²) in [5.41, 5.74) is 0.513. The lowest BCUT2D eigenvalue weighted by Crippen LogP contribution is -2.39. The Hall–Kier alpha value is -2.86. The van der Waals surface area contributed by atoms with Crippen molar-refractivity contribution in [1.82, 2.24) is 15.5 Å². The van der Waals surface area contributed by atoms with Crippen molar-refractivity contribution >= 4 is 17.5 Å². The van der Waals surface area contributed by atoms with Crippen molar-refractivity contribution < 1.29 is 14.1 Å². The fourth-order valence-corrected chi connectivity index (χ4v) is 2.71. The van der Waals surface area contributed by atoms with Crippen LogP contribution in [0.4, 0.5) is 0 Å². The van der Waals surface area contributed by atoms with E-state index >= 15 is 0 Å². The van der Waals surface area contributed by atoms with Crippen LogP contribution in [0.3, 0.4) is 0 Å². The molecule has 0 saturated heterocycles. The largest absolute Gasteiger partial charge is 0.484 e. The highest BCUT2D eigenvalue weighted by molar-refractivity contribution is 6.30. The molecular weight excluding hydrogens is 378 g/mol. The maximum absolute atomic E-state index is 12.4. The van der Waals surface area contributed by atoms with E-state index in [4.69, 9.17) is 20.9 Å². The molecule has 6 nitrogen and oxygen atoms in total. The first-order valence-electron chi connectivity index (χ1n) is 8.90. The number of aromatic nitrogens is 2. The molecule has 2 aromatic carbocycles. The van der Waals surface area contributed by atoms with E-state index in [0.717, 1.165) is 5.56 Å². The molecule has 7 heteroatoms. The molecule has 1 unspecified atom stereocenters. The van der Waals surface area contributed by atoms with Gasteiger partial charge in [0.1, 0.15) is 11.8 Å². The van der Waals surface area contributed by atoms with Gasteiger partial charge in [-0.05, 0) is 29.7 Å². The summed E-state index contributed by atoms with van der Waals surface area (Å²) in [7, 11) is 0. The van der Waals surface area contributed by atoms with Crippen LogP contribution in [0.1, 0.15) is 32.7 Å². The van der Waals surface area contributed by atoms with E-state index in [2.05, 4.69) is 15.5 Å². The van der Waals surface area contributed by atoms with E-state index in [1.54, 1.807) is 24.3 Å². The minimum absolute atomic E-state index is 0.131. The molecule has 3 rings (SSSR count). The number of nitrogens with one attached hydrogen (secondary N) is 1. The van der Waals surface area contributed by atoms with Gasteiger partial charge >= 0.3 is 0 Å². The summed E-state index contributed by atoms with van der Waals surface area (Å²) >= 11 is 5.85. The zero-order valence-electron chi connectivity index (χ0n) is 16.0. The first kappa shape index (κ1) is 19.9. The van der Waals surface area contributed by atoms with Gasteiger partial charge in [-0.2, -0.15) is 4.98 Å². The summed E-state index contributed by atoms with van der Waals surface area (Å²) < 4.78 is 11.0. The number of rotatable bonds is 6. The van der Waals surface area contributed by atoms with Gasteiger partial charge in [0.25, 0.3) is 5.91 Å². The number of amides is 1. The number of benzene rings is 2. The second-order valence-electron chi connectivity index (χ2n) is 7.43. The molecule has 28 heavy (non-hydrogen) atoms. The minimum atomic E-state index is -0.459. The Morgan fingerprint density at radius 1 is 1.14 bits per heavy atom. The molecule has 1 amide bonds. The number of carbonyl (C=O) groups excluding carboxylic acids is 1. The predicted molar refractivity (Wildman–Crippen MR) is 107 cm³/mol. The van der Waals surface area contributed by atoms with E-state index in [1.807, 2.05) is 51.1 Å². The normalized spacial score (nSPS) is 12.4. The average Bonchev–Trinajstić information content (AvgIpc) is 3.15. The molecule has 0 aliphatic heterocycles. The topological polar surface area (TPSA) is 77.2 Å². The van der Waals surface area contributed by atoms with E-state index < -0.39 is 6.04 Å². The Bertz CT molecular complexity index is 918. The highest BCUT2D eigenvalue weighted by Gasteiger charge is 2.33. The maximum Gasteiger partial charge on any atom is 0.258 e. The van der Waals surface area contributed by atoms with Gasteiger partial charge in [0, 0.05) is 10.6 Å². The van der Waals surface area contributed by atoms with Gasteiger partial charge in [-0.15, -0.1) is 0 Å². The molecule has 0 saturated carbocycles. The van der Waals surface area contributed by atoms with E-state index in [9.17, 15) is 4.79 Å². The maximum atomic E-state index is 12.4. The molecule has 1 heterocycles. The van der Waals surface area contributed by atoms with E-state index in [1.165, 1.54) is 0 Å². The summed E-state index contributed by atoms with van der Waals surface area (Å²) in [5, 5.41) is 7.59. The quantitative estimate of drug-likeness (QED) is 0.651. The Kier molecular flexibility index (Phi) is 5.99. The third kappa shape index (κ3) is 5.10. The Morgan fingerprint density at radius 2 is 1.82 bits per heavy atom. The van der Waals surface area contributed by atoms with Gasteiger partial charge in [-0.25, -0.2) is 0 Å². The van der Waals surface area contributed by atoms with Gasteiger partial charge < -0.3 is 14.6 Å². The SMILES string of the molecule is CC(C)(C)C(NC(=O)COc1ccc(Cl)cc1)c1nc(-c2ccccc2)no1. The van der Waals surface area contributed by atoms with Crippen molar-refractivity contribution in [1.29, 1.82) is 0 Å². The van der Waals surface area contributed by atoms with Crippen molar-refractivity contribution in [2.24, 2.45) is 5.41 Å². The summed E-state index contributed by atoms with van der Waals surface area (Å²) in [5.74, 6) is 1.12. The minimum Gasteiger partial charge on any atom is -0.484 e. The van der Waals surface area contributed by atoms with Gasteiger partial charge in [-0.1, -0.05) is 67.9 Å². The van der Waals surface area contributed by atoms with Crippen molar-refractivity contribution in [3.63, 3.8) is 0 Å². The van der Waals surface area contributed by atoms with E-state index in [-0.39, 0.29) is 17.9 Å². The van der Waals surface area contributed by atoms with Crippen molar-refractivity contribution in [3.8, 4) is 17.1 Å². The predicted octanol–water partition coefficient (Wildman–Crippen LogP) is 4.67. The van der Waals surface area contributed by atoms with Gasteiger partial charge in [0.05, 0.1) is 0 Å². The number of hydrogen-bond donors (Lipinski definition) is 1. The molecule has 3 aromatic rings. The van der Waals surface area contributed by atoms with Crippen LogP contribution in [0.2, 0.25) is 5.02 Å². The highest BCUT2D eigenvalue weighted by Crippen LogP contribution is 2.32. The molecular formula is C21H22ClN3O3. The number of nitrogens with zero attached hydrogens (tertiary/aromatic N) is 2. The Labute approximate surface area is 168 Å². The van der Waals surface area contributed by atoms with Gasteiger partial charge in [0.15, 0.2) is 6.61 Å². The molecule has 0 fully saturated rings. The lowest BCUT2D eigenvalue weighted by molar-refractivity contribution is -0.124. The molecule has 0 aliphatic rings. The van der Waals surface area contributed by atoms with Crippen LogP contribution in [0.5, 0.6) is 5.75 Å². The Balaban J connectivity index is 1.70. The van der Waals surface area contributed by atoms with Crippen LogP contribution in [0, 0.1) is 5.41 Å². The standard InChI is InChI=1S/C21H22ClN3O3/c1-21(2,3)18(20-24-19(25-28-20)14-7-5-4-6-8-14)23-17(26)13-27-16-11-9-15(22)10-12-16/h4-12,18H,13H2,1-3H3,(H,23,26). The van der Waals surface area contributed by atoms with Gasteiger partial charge in [0.2, 0.25) is 11.7 Å². The number of ether oxygens (including phenoxy) is 1. The second-order valence-corrected chi connectivity index (χ2v) is 7.87. The summed E-state index contributed by atoms with van der Waals surface area (Å²) in [6, 6.07) is 15.9. The molecule has 0 bridgehead atoms. The first-order valence-corrected chi connectivity index (χ1v) is 9.27.